The third-order valence-electron chi connectivity index (χ3n) is 5.94. The van der Waals surface area contributed by atoms with Gasteiger partial charge in [-0.1, -0.05) is 82.2 Å². The molecule has 0 fully saturated rings. The molecule has 0 amide bonds. The Bertz CT molecular complexity index is 1540. The SMILES string of the molecule is Clc1ccccc1N[C@H]([C@H](Nc1ccccc1Cl)n1nnc2ccccc21)n1nnc2ccccc21. The summed E-state index contributed by atoms with van der Waals surface area (Å²) in [5, 5.41) is 26.1. The lowest BCUT2D eigenvalue weighted by Crippen LogP contribution is -2.35. The van der Waals surface area contributed by atoms with Crippen LogP contribution in [0.4, 0.5) is 11.4 Å². The van der Waals surface area contributed by atoms with Crippen molar-refractivity contribution in [3.8, 4) is 0 Å². The Balaban J connectivity index is 1.57. The van der Waals surface area contributed by atoms with Gasteiger partial charge in [0.1, 0.15) is 11.0 Å². The van der Waals surface area contributed by atoms with Gasteiger partial charge in [0, 0.05) is 0 Å². The molecule has 2 aromatic heterocycles. The highest BCUT2D eigenvalue weighted by atomic mass is 35.5. The maximum atomic E-state index is 6.57. The van der Waals surface area contributed by atoms with E-state index in [1.54, 1.807) is 0 Å². The summed E-state index contributed by atoms with van der Waals surface area (Å²) in [7, 11) is 0. The molecular weight excluding hydrogens is 495 g/mol. The van der Waals surface area contributed by atoms with Crippen molar-refractivity contribution in [1.29, 1.82) is 0 Å². The van der Waals surface area contributed by atoms with Crippen LogP contribution in [-0.2, 0) is 0 Å². The molecule has 36 heavy (non-hydrogen) atoms. The third kappa shape index (κ3) is 4.10. The predicted molar refractivity (Wildman–Crippen MR) is 143 cm³/mol. The number of hydrogen-bond donors (Lipinski definition) is 2. The number of hydrogen-bond acceptors (Lipinski definition) is 6. The fraction of sp³-hybridized carbons (Fsp3) is 0.0769. The molecule has 0 saturated carbocycles. The first-order valence-corrected chi connectivity index (χ1v) is 12.1. The van der Waals surface area contributed by atoms with Gasteiger partial charge in [0.2, 0.25) is 0 Å². The van der Waals surface area contributed by atoms with Crippen LogP contribution in [0.2, 0.25) is 10.0 Å². The van der Waals surface area contributed by atoms with Crippen molar-refractivity contribution in [3.05, 3.63) is 107 Å². The summed E-state index contributed by atoms with van der Waals surface area (Å²) in [6.07, 6.45) is -1.09. The van der Waals surface area contributed by atoms with Crippen LogP contribution in [0.3, 0.4) is 0 Å². The Morgan fingerprint density at radius 3 is 1.36 bits per heavy atom. The smallest absolute Gasteiger partial charge is 0.164 e. The van der Waals surface area contributed by atoms with Gasteiger partial charge in [-0.15, -0.1) is 10.2 Å². The fourth-order valence-corrected chi connectivity index (χ4v) is 4.59. The Hall–Kier alpha value is -4.14. The molecule has 0 aliphatic rings. The van der Waals surface area contributed by atoms with Crippen molar-refractivity contribution < 1.29 is 0 Å². The highest BCUT2D eigenvalue weighted by Crippen LogP contribution is 2.34. The van der Waals surface area contributed by atoms with Gasteiger partial charge in [0.05, 0.1) is 32.5 Å². The molecule has 8 nitrogen and oxygen atoms in total. The van der Waals surface area contributed by atoms with E-state index >= 15 is 0 Å². The van der Waals surface area contributed by atoms with Crippen LogP contribution in [0.5, 0.6) is 0 Å². The average molecular weight is 515 g/mol. The zero-order chi connectivity index (χ0) is 24.5. The molecule has 4 aromatic carbocycles. The van der Waals surface area contributed by atoms with Gasteiger partial charge in [0.25, 0.3) is 0 Å². The van der Waals surface area contributed by atoms with E-state index in [-0.39, 0.29) is 0 Å². The molecule has 0 saturated heterocycles. The first-order chi connectivity index (χ1) is 17.7. The monoisotopic (exact) mass is 514 g/mol. The van der Waals surface area contributed by atoms with Crippen LogP contribution >= 0.6 is 23.2 Å². The molecule has 2 heterocycles. The van der Waals surface area contributed by atoms with Crippen molar-refractivity contribution in [2.75, 3.05) is 10.6 Å². The Labute approximate surface area is 216 Å². The largest absolute Gasteiger partial charge is 0.359 e. The van der Waals surface area contributed by atoms with Gasteiger partial charge in [-0.2, -0.15) is 0 Å². The van der Waals surface area contributed by atoms with E-state index in [0.29, 0.717) is 10.0 Å². The number of halogens is 2. The summed E-state index contributed by atoms with van der Waals surface area (Å²) >= 11 is 13.1. The van der Waals surface area contributed by atoms with Gasteiger partial charge in [0.15, 0.2) is 12.3 Å². The molecule has 2 N–H and O–H groups in total. The number of anilines is 2. The third-order valence-corrected chi connectivity index (χ3v) is 6.59. The quantitative estimate of drug-likeness (QED) is 0.256. The molecule has 0 radical (unpaired) electrons. The summed E-state index contributed by atoms with van der Waals surface area (Å²) in [6, 6.07) is 30.7. The number of nitrogens with one attached hydrogen (secondary N) is 2. The van der Waals surface area contributed by atoms with Crippen LogP contribution in [0.25, 0.3) is 22.1 Å². The molecule has 178 valence electrons. The minimum Gasteiger partial charge on any atom is -0.359 e. The van der Waals surface area contributed by atoms with Crippen LogP contribution in [0.15, 0.2) is 97.1 Å². The standard InChI is InChI=1S/C26H20Cl2N8/c27-17-9-1-3-11-19(17)29-25(35-23-15-7-5-13-21(23)31-33-35)26(30-20-12-4-2-10-18(20)28)36-24-16-8-6-14-22(24)32-34-36/h1-16,25-26,29-30H/t25-,26+. The van der Waals surface area contributed by atoms with Crippen molar-refractivity contribution >= 4 is 56.6 Å². The van der Waals surface area contributed by atoms with Crippen LogP contribution < -0.4 is 10.6 Å². The van der Waals surface area contributed by atoms with E-state index in [1.807, 2.05) is 106 Å². The zero-order valence-electron chi connectivity index (χ0n) is 18.8. The second-order valence-electron chi connectivity index (χ2n) is 8.18. The van der Waals surface area contributed by atoms with Gasteiger partial charge in [-0.25, -0.2) is 9.36 Å². The number of para-hydroxylation sites is 4. The minimum absolute atomic E-state index is 0.543. The van der Waals surface area contributed by atoms with Crippen molar-refractivity contribution in [1.82, 2.24) is 30.0 Å². The second kappa shape index (κ2) is 9.49. The maximum Gasteiger partial charge on any atom is 0.164 e. The maximum absolute atomic E-state index is 6.57. The number of nitrogens with zero attached hydrogens (tertiary/aromatic N) is 6. The summed E-state index contributed by atoms with van der Waals surface area (Å²) in [5.74, 6) is 0. The van der Waals surface area contributed by atoms with E-state index < -0.39 is 12.3 Å². The molecule has 2 atom stereocenters. The normalized spacial score (nSPS) is 13.1. The fourth-order valence-electron chi connectivity index (χ4n) is 4.21. The molecule has 6 aromatic rings. The molecule has 0 unspecified atom stereocenters. The van der Waals surface area contributed by atoms with E-state index in [9.17, 15) is 0 Å². The Kier molecular flexibility index (Phi) is 5.88. The van der Waals surface area contributed by atoms with Gasteiger partial charge in [-0.3, -0.25) is 0 Å². The zero-order valence-corrected chi connectivity index (χ0v) is 20.3. The summed E-state index contributed by atoms with van der Waals surface area (Å²) in [5.41, 5.74) is 4.69. The first-order valence-electron chi connectivity index (χ1n) is 11.3. The van der Waals surface area contributed by atoms with E-state index in [2.05, 4.69) is 31.3 Å². The first kappa shape index (κ1) is 22.3. The van der Waals surface area contributed by atoms with E-state index in [4.69, 9.17) is 23.2 Å². The Morgan fingerprint density at radius 1 is 0.528 bits per heavy atom. The van der Waals surface area contributed by atoms with Crippen molar-refractivity contribution in [2.45, 2.75) is 12.3 Å². The minimum atomic E-state index is -0.543. The van der Waals surface area contributed by atoms with Crippen molar-refractivity contribution in [2.24, 2.45) is 0 Å². The predicted octanol–water partition coefficient (Wildman–Crippen LogP) is 6.40. The highest BCUT2D eigenvalue weighted by Gasteiger charge is 2.31. The molecular formula is C26H20Cl2N8. The summed E-state index contributed by atoms with van der Waals surface area (Å²) in [4.78, 5) is 0. The van der Waals surface area contributed by atoms with Crippen LogP contribution in [0.1, 0.15) is 12.3 Å². The average Bonchev–Trinajstić information content (AvgIpc) is 3.53. The number of benzene rings is 4. The molecule has 0 aliphatic heterocycles. The number of aromatic nitrogens is 6. The van der Waals surface area contributed by atoms with Gasteiger partial charge < -0.3 is 10.6 Å². The molecule has 0 spiro atoms. The molecule has 6 rings (SSSR count). The molecule has 0 aliphatic carbocycles. The Morgan fingerprint density at radius 2 is 0.917 bits per heavy atom. The summed E-state index contributed by atoms with van der Waals surface area (Å²) in [6.45, 7) is 0. The number of fused-ring (bicyclic) bond motifs is 2. The van der Waals surface area contributed by atoms with E-state index in [0.717, 1.165) is 33.4 Å². The van der Waals surface area contributed by atoms with Crippen molar-refractivity contribution in [3.63, 3.8) is 0 Å². The molecule has 10 heteroatoms. The second-order valence-corrected chi connectivity index (χ2v) is 9.00. The van der Waals surface area contributed by atoms with Crippen LogP contribution in [-0.4, -0.2) is 30.0 Å². The lowest BCUT2D eigenvalue weighted by Gasteiger charge is -2.31. The lowest BCUT2D eigenvalue weighted by molar-refractivity contribution is 0.347. The number of rotatable bonds is 7. The van der Waals surface area contributed by atoms with Gasteiger partial charge in [-0.05, 0) is 48.5 Å². The topological polar surface area (TPSA) is 85.5 Å². The summed E-state index contributed by atoms with van der Waals surface area (Å²) < 4.78 is 3.65. The lowest BCUT2D eigenvalue weighted by atomic mass is 10.2. The van der Waals surface area contributed by atoms with Crippen LogP contribution in [0, 0.1) is 0 Å². The van der Waals surface area contributed by atoms with E-state index in [1.165, 1.54) is 0 Å². The highest BCUT2D eigenvalue weighted by molar-refractivity contribution is 6.33. The van der Waals surface area contributed by atoms with Gasteiger partial charge >= 0.3 is 0 Å². The molecule has 0 bridgehead atoms.